The fourth-order valence-corrected chi connectivity index (χ4v) is 3.64. The zero-order chi connectivity index (χ0) is 20.0. The van der Waals surface area contributed by atoms with Crippen molar-refractivity contribution in [2.24, 2.45) is 0 Å². The topological polar surface area (TPSA) is 75.7 Å². The largest absolute Gasteiger partial charge is 0.489 e. The van der Waals surface area contributed by atoms with Crippen molar-refractivity contribution in [1.82, 2.24) is 0 Å². The van der Waals surface area contributed by atoms with Gasteiger partial charge in [-0.1, -0.05) is 41.9 Å². The summed E-state index contributed by atoms with van der Waals surface area (Å²) < 4.78 is 30.6. The molecule has 2 rings (SSSR count). The molecule has 9 heteroatoms. The molecule has 0 aromatic heterocycles. The summed E-state index contributed by atoms with van der Waals surface area (Å²) >= 11 is 11.9. The first kappa shape index (κ1) is 21.1. The van der Waals surface area contributed by atoms with Crippen LogP contribution in [0.25, 0.3) is 0 Å². The second-order valence-electron chi connectivity index (χ2n) is 5.54. The van der Waals surface area contributed by atoms with Crippen molar-refractivity contribution in [3.05, 3.63) is 65.2 Å². The van der Waals surface area contributed by atoms with Gasteiger partial charge in [-0.05, 0) is 30.3 Å². The van der Waals surface area contributed by atoms with Crippen molar-refractivity contribution in [3.8, 4) is 5.75 Å². The van der Waals surface area contributed by atoms with Gasteiger partial charge in [0, 0.05) is 16.8 Å². The zero-order valence-corrected chi connectivity index (χ0v) is 16.8. The van der Waals surface area contributed by atoms with Crippen LogP contribution in [0.3, 0.4) is 0 Å². The molecule has 1 amide bonds. The lowest BCUT2D eigenvalue weighted by Gasteiger charge is -2.23. The third-order valence-electron chi connectivity index (χ3n) is 3.35. The van der Waals surface area contributed by atoms with Crippen LogP contribution < -0.4 is 14.4 Å². The van der Waals surface area contributed by atoms with Crippen LogP contribution in [-0.2, 0) is 14.8 Å². The third-order valence-corrected chi connectivity index (χ3v) is 5.02. The first-order valence-corrected chi connectivity index (χ1v) is 10.4. The molecule has 0 fully saturated rings. The van der Waals surface area contributed by atoms with Crippen molar-refractivity contribution in [2.75, 3.05) is 29.0 Å². The molecule has 0 aliphatic rings. The molecular weight excluding hydrogens is 411 g/mol. The Morgan fingerprint density at radius 2 is 2.00 bits per heavy atom. The summed E-state index contributed by atoms with van der Waals surface area (Å²) in [6.07, 6.45) is 2.60. The van der Waals surface area contributed by atoms with E-state index in [-0.39, 0.29) is 10.7 Å². The van der Waals surface area contributed by atoms with Crippen LogP contribution in [0.1, 0.15) is 0 Å². The highest BCUT2D eigenvalue weighted by Crippen LogP contribution is 2.30. The maximum Gasteiger partial charge on any atom is 0.245 e. The van der Waals surface area contributed by atoms with Crippen molar-refractivity contribution in [2.45, 2.75) is 0 Å². The van der Waals surface area contributed by atoms with Crippen LogP contribution in [0.2, 0.25) is 10.0 Å². The molecule has 1 N–H and O–H groups in total. The van der Waals surface area contributed by atoms with Gasteiger partial charge >= 0.3 is 0 Å². The fourth-order valence-electron chi connectivity index (χ4n) is 2.21. The molecule has 0 spiro atoms. The van der Waals surface area contributed by atoms with E-state index in [0.29, 0.717) is 23.1 Å². The SMILES string of the molecule is C=CCOc1cccc(NC(=O)CN(c2ccc(Cl)cc2Cl)S(C)(=O)=O)c1. The Bertz CT molecular complexity index is 948. The lowest BCUT2D eigenvalue weighted by molar-refractivity contribution is -0.114. The van der Waals surface area contributed by atoms with Crippen molar-refractivity contribution < 1.29 is 17.9 Å². The van der Waals surface area contributed by atoms with E-state index in [1.165, 1.54) is 18.2 Å². The first-order chi connectivity index (χ1) is 12.7. The molecule has 2 aromatic carbocycles. The van der Waals surface area contributed by atoms with Gasteiger partial charge in [0.1, 0.15) is 18.9 Å². The molecule has 0 aliphatic carbocycles. The molecule has 27 heavy (non-hydrogen) atoms. The maximum atomic E-state index is 12.4. The molecule has 0 saturated carbocycles. The van der Waals surface area contributed by atoms with E-state index in [9.17, 15) is 13.2 Å². The van der Waals surface area contributed by atoms with Gasteiger partial charge < -0.3 is 10.1 Å². The summed E-state index contributed by atoms with van der Waals surface area (Å²) in [6.45, 7) is 3.45. The van der Waals surface area contributed by atoms with Gasteiger partial charge in [0.25, 0.3) is 0 Å². The summed E-state index contributed by atoms with van der Waals surface area (Å²) in [6, 6.07) is 11.1. The molecule has 0 heterocycles. The molecule has 0 unspecified atom stereocenters. The summed E-state index contributed by atoms with van der Waals surface area (Å²) in [4.78, 5) is 12.4. The summed E-state index contributed by atoms with van der Waals surface area (Å²) in [5.41, 5.74) is 0.638. The fraction of sp³-hybridized carbons (Fsp3) is 0.167. The monoisotopic (exact) mass is 428 g/mol. The molecule has 0 radical (unpaired) electrons. The van der Waals surface area contributed by atoms with Gasteiger partial charge in [-0.25, -0.2) is 8.42 Å². The Hall–Kier alpha value is -2.22. The summed E-state index contributed by atoms with van der Waals surface area (Å²) in [5.74, 6) is 0.0146. The average molecular weight is 429 g/mol. The predicted molar refractivity (Wildman–Crippen MR) is 109 cm³/mol. The Morgan fingerprint density at radius 3 is 2.63 bits per heavy atom. The van der Waals surface area contributed by atoms with Gasteiger partial charge in [0.15, 0.2) is 0 Å². The normalized spacial score (nSPS) is 10.9. The van der Waals surface area contributed by atoms with E-state index in [1.54, 1.807) is 30.3 Å². The third kappa shape index (κ3) is 6.16. The molecular formula is C18H18Cl2N2O4S. The van der Waals surface area contributed by atoms with Crippen LogP contribution in [0.5, 0.6) is 5.75 Å². The van der Waals surface area contributed by atoms with Gasteiger partial charge in [-0.3, -0.25) is 9.10 Å². The summed E-state index contributed by atoms with van der Waals surface area (Å²) in [7, 11) is -3.75. The number of carbonyl (C=O) groups excluding carboxylic acids is 1. The van der Waals surface area contributed by atoms with E-state index in [0.717, 1.165) is 10.6 Å². The van der Waals surface area contributed by atoms with Crippen molar-refractivity contribution >= 4 is 50.5 Å². The van der Waals surface area contributed by atoms with Gasteiger partial charge in [0.05, 0.1) is 17.0 Å². The molecule has 144 valence electrons. The van der Waals surface area contributed by atoms with Crippen molar-refractivity contribution in [1.29, 1.82) is 0 Å². The van der Waals surface area contributed by atoms with E-state index >= 15 is 0 Å². The second kappa shape index (κ2) is 9.12. The Kier molecular flexibility index (Phi) is 7.12. The highest BCUT2D eigenvalue weighted by molar-refractivity contribution is 7.92. The molecule has 0 saturated heterocycles. The minimum atomic E-state index is -3.75. The van der Waals surface area contributed by atoms with Crippen LogP contribution >= 0.6 is 23.2 Å². The number of hydrogen-bond acceptors (Lipinski definition) is 4. The number of rotatable bonds is 8. The highest BCUT2D eigenvalue weighted by atomic mass is 35.5. The molecule has 0 atom stereocenters. The van der Waals surface area contributed by atoms with Gasteiger partial charge in [-0.15, -0.1) is 0 Å². The number of amides is 1. The van der Waals surface area contributed by atoms with Crippen LogP contribution in [0, 0.1) is 0 Å². The number of ether oxygens (including phenoxy) is 1. The average Bonchev–Trinajstić information content (AvgIpc) is 2.58. The molecule has 6 nitrogen and oxygen atoms in total. The maximum absolute atomic E-state index is 12.4. The number of anilines is 2. The van der Waals surface area contributed by atoms with Crippen LogP contribution in [0.15, 0.2) is 55.1 Å². The van der Waals surface area contributed by atoms with E-state index < -0.39 is 22.5 Å². The minimum Gasteiger partial charge on any atom is -0.489 e. The number of benzene rings is 2. The molecule has 2 aromatic rings. The Balaban J connectivity index is 2.18. The number of halogens is 2. The number of sulfonamides is 1. The quantitative estimate of drug-likeness (QED) is 0.645. The second-order valence-corrected chi connectivity index (χ2v) is 8.29. The van der Waals surface area contributed by atoms with Gasteiger partial charge in [0.2, 0.25) is 15.9 Å². The lowest BCUT2D eigenvalue weighted by Crippen LogP contribution is -2.37. The first-order valence-electron chi connectivity index (χ1n) is 7.77. The zero-order valence-electron chi connectivity index (χ0n) is 14.5. The van der Waals surface area contributed by atoms with Gasteiger partial charge in [-0.2, -0.15) is 0 Å². The Morgan fingerprint density at radius 1 is 1.26 bits per heavy atom. The number of hydrogen-bond donors (Lipinski definition) is 1. The summed E-state index contributed by atoms with van der Waals surface area (Å²) in [5, 5.41) is 3.13. The van der Waals surface area contributed by atoms with Crippen LogP contribution in [0.4, 0.5) is 11.4 Å². The van der Waals surface area contributed by atoms with E-state index in [2.05, 4.69) is 11.9 Å². The minimum absolute atomic E-state index is 0.126. The predicted octanol–water partition coefficient (Wildman–Crippen LogP) is 3.96. The standard InChI is InChI=1S/C18H18Cl2N2O4S/c1-3-9-26-15-6-4-5-14(11-15)21-18(23)12-22(27(2,24)25)17-8-7-13(19)10-16(17)20/h3-8,10-11H,1,9,12H2,2H3,(H,21,23). The Labute approximate surface area is 168 Å². The number of carbonyl (C=O) groups is 1. The van der Waals surface area contributed by atoms with E-state index in [4.69, 9.17) is 27.9 Å². The van der Waals surface area contributed by atoms with E-state index in [1.807, 2.05) is 0 Å². The number of nitrogens with one attached hydrogen (secondary N) is 1. The lowest BCUT2D eigenvalue weighted by atomic mass is 10.3. The molecule has 0 aliphatic heterocycles. The smallest absolute Gasteiger partial charge is 0.245 e. The highest BCUT2D eigenvalue weighted by Gasteiger charge is 2.23. The number of nitrogens with zero attached hydrogens (tertiary/aromatic N) is 1. The molecule has 0 bridgehead atoms. The van der Waals surface area contributed by atoms with Crippen LogP contribution in [-0.4, -0.2) is 33.7 Å². The van der Waals surface area contributed by atoms with Crippen molar-refractivity contribution in [3.63, 3.8) is 0 Å².